The maximum Gasteiger partial charge on any atom is 0.338 e. The highest BCUT2D eigenvalue weighted by Gasteiger charge is 2.77. The molecule has 1 amide bonds. The van der Waals surface area contributed by atoms with Gasteiger partial charge in [-0.05, 0) is 94.9 Å². The lowest BCUT2D eigenvalue weighted by Gasteiger charge is -2.68. The lowest BCUT2D eigenvalue weighted by molar-refractivity contribution is -0.296. The molecule has 4 aliphatic rings. The van der Waals surface area contributed by atoms with Crippen LogP contribution in [0.2, 0.25) is 0 Å². The second-order valence-corrected chi connectivity index (χ2v) is 20.0. The zero-order valence-corrected chi connectivity index (χ0v) is 39.0. The summed E-state index contributed by atoms with van der Waals surface area (Å²) in [6.45, 7) is 13.9. The Morgan fingerprint density at radius 3 is 1.91 bits per heavy atom. The van der Waals surface area contributed by atoms with Gasteiger partial charge in [0.05, 0.1) is 34.6 Å². The van der Waals surface area contributed by atoms with Crippen LogP contribution in [0.5, 0.6) is 0 Å². The molecule has 14 heteroatoms. The maximum atomic E-state index is 15.7. The van der Waals surface area contributed by atoms with Crippen LogP contribution in [-0.2, 0) is 42.9 Å². The van der Waals surface area contributed by atoms with E-state index in [2.05, 4.69) is 5.32 Å². The average molecular weight is 908 g/mol. The van der Waals surface area contributed by atoms with Crippen molar-refractivity contribution in [1.29, 1.82) is 0 Å². The second-order valence-electron chi connectivity index (χ2n) is 20.0. The number of esters is 4. The number of ketones is 1. The maximum absolute atomic E-state index is 15.7. The van der Waals surface area contributed by atoms with Crippen molar-refractivity contribution in [3.63, 3.8) is 0 Å². The molecule has 14 nitrogen and oxygen atoms in total. The minimum absolute atomic E-state index is 0.0246. The number of Topliss-reactive ketones (excluding diaryl/α,β-unsaturated/α-hetero) is 1. The molecule has 0 aromatic heterocycles. The Bertz CT molecular complexity index is 2390. The lowest BCUT2D eigenvalue weighted by Crippen LogP contribution is -2.78. The average Bonchev–Trinajstić information content (AvgIpc) is 3.26. The Labute approximate surface area is 385 Å². The first-order valence-electron chi connectivity index (χ1n) is 22.5. The number of rotatable bonds is 11. The van der Waals surface area contributed by atoms with E-state index in [4.69, 9.17) is 23.7 Å². The van der Waals surface area contributed by atoms with Crippen LogP contribution in [0.25, 0.3) is 0 Å². The molecule has 0 unspecified atom stereocenters. The lowest BCUT2D eigenvalue weighted by atomic mass is 9.41. The zero-order valence-electron chi connectivity index (χ0n) is 39.0. The monoisotopic (exact) mass is 907 g/mol. The molecule has 3 N–H and O–H groups in total. The quantitative estimate of drug-likeness (QED) is 0.106. The third-order valence-corrected chi connectivity index (χ3v) is 14.5. The Kier molecular flexibility index (Phi) is 13.0. The molecular weight excluding hydrogens is 847 g/mol. The Balaban J connectivity index is 1.43. The summed E-state index contributed by atoms with van der Waals surface area (Å²) in [5.74, 6) is -6.54. The molecule has 3 saturated carbocycles. The van der Waals surface area contributed by atoms with Crippen molar-refractivity contribution >= 4 is 35.6 Å². The fraction of sp³-hybridized carbons (Fsp3) is 0.500. The largest absolute Gasteiger partial charge is 0.458 e. The number of hydrogen-bond acceptors (Lipinski definition) is 13. The molecule has 0 aliphatic heterocycles. The molecule has 0 saturated heterocycles. The molecule has 0 spiro atoms. The molecule has 352 valence electrons. The highest BCUT2D eigenvalue weighted by atomic mass is 16.6. The van der Waals surface area contributed by atoms with Crippen molar-refractivity contribution in [2.24, 2.45) is 22.7 Å². The minimum atomic E-state index is -2.31. The molecule has 66 heavy (non-hydrogen) atoms. The molecule has 3 aromatic rings. The van der Waals surface area contributed by atoms with E-state index in [-0.39, 0.29) is 29.6 Å². The van der Waals surface area contributed by atoms with E-state index in [1.54, 1.807) is 120 Å². The highest BCUT2D eigenvalue weighted by Crippen LogP contribution is 2.67. The number of amides is 1. The molecule has 0 radical (unpaired) electrons. The van der Waals surface area contributed by atoms with Crippen molar-refractivity contribution < 1.29 is 62.7 Å². The van der Waals surface area contributed by atoms with Gasteiger partial charge in [-0.15, -0.1) is 0 Å². The van der Waals surface area contributed by atoms with Crippen LogP contribution in [0.1, 0.15) is 120 Å². The van der Waals surface area contributed by atoms with Crippen molar-refractivity contribution in [2.75, 3.05) is 0 Å². The number of carbonyl (C=O) groups is 6. The van der Waals surface area contributed by atoms with E-state index < -0.39 is 118 Å². The van der Waals surface area contributed by atoms with E-state index in [1.165, 1.54) is 26.0 Å². The van der Waals surface area contributed by atoms with Gasteiger partial charge in [-0.1, -0.05) is 80.6 Å². The number of hydrogen-bond donors (Lipinski definition) is 3. The van der Waals surface area contributed by atoms with Gasteiger partial charge in [-0.2, -0.15) is 0 Å². The first-order valence-corrected chi connectivity index (χ1v) is 22.5. The minimum Gasteiger partial charge on any atom is -0.458 e. The summed E-state index contributed by atoms with van der Waals surface area (Å²) >= 11 is 0. The van der Waals surface area contributed by atoms with Crippen LogP contribution in [0.15, 0.2) is 102 Å². The molecule has 4 aliphatic carbocycles. The SMILES string of the molecule is CC(=O)O[C@H]1C(=O)[C@@]2(C)[C@H]([C@H](OC(=O)c3ccccc3)[C@]3(O)C[C@H](OC(=O)[C@H](OC(C)(C)C)[C@@H](NC(=O)c4ccccc4)c4ccccc4)C(C)=C1C3(C)C)[C@]1(OC(C)=O)CC[C@@H]1C[C@@H]2O. The number of nitrogens with one attached hydrogen (secondary N) is 1. The summed E-state index contributed by atoms with van der Waals surface area (Å²) in [5.41, 5.74) is -7.11. The van der Waals surface area contributed by atoms with E-state index in [1.807, 2.05) is 0 Å². The normalized spacial score (nSPS) is 30.9. The molecule has 3 fully saturated rings. The number of aliphatic hydroxyl groups is 2. The molecular formula is C52H61NO13. The summed E-state index contributed by atoms with van der Waals surface area (Å²) in [6.07, 6.45) is -7.56. The third kappa shape index (κ3) is 8.47. The first-order chi connectivity index (χ1) is 31.0. The fourth-order valence-electron chi connectivity index (χ4n) is 11.2. The Hall–Kier alpha value is -5.70. The fourth-order valence-corrected chi connectivity index (χ4v) is 11.2. The standard InChI is InChI=1S/C52H61NO13/c1-29-36(63-47(60)41(66-48(4,5)6)39(32-19-13-10-14-20-32)53-45(58)33-21-15-11-16-22-33)28-52(61)44(64-46(59)34-23-17-12-18-24-34)42-50(9,37(56)27-35-25-26-51(35,42)65-31(3)55)43(57)40(62-30(2)54)38(29)49(52,7)8/h10-24,35-37,39-42,44,56,61H,25-28H2,1-9H3,(H,53,58)/t35-,36+,37+,39+,40-,41-,42+,44+,50-,51+,52-/m1/s1. The van der Waals surface area contributed by atoms with Crippen LogP contribution in [0, 0.1) is 22.7 Å². The van der Waals surface area contributed by atoms with Gasteiger partial charge in [0.1, 0.15) is 23.4 Å². The number of carbonyl (C=O) groups excluding carboxylic acids is 6. The summed E-state index contributed by atoms with van der Waals surface area (Å²) in [6, 6.07) is 24.2. The van der Waals surface area contributed by atoms with Crippen LogP contribution in [-0.4, -0.2) is 93.1 Å². The summed E-state index contributed by atoms with van der Waals surface area (Å²) in [5, 5.41) is 29.2. The van der Waals surface area contributed by atoms with Gasteiger partial charge >= 0.3 is 23.9 Å². The molecule has 0 heterocycles. The zero-order chi connectivity index (χ0) is 48.1. The molecule has 2 bridgehead atoms. The van der Waals surface area contributed by atoms with Crippen LogP contribution >= 0.6 is 0 Å². The van der Waals surface area contributed by atoms with Gasteiger partial charge in [-0.25, -0.2) is 9.59 Å². The summed E-state index contributed by atoms with van der Waals surface area (Å²) in [4.78, 5) is 85.4. The van der Waals surface area contributed by atoms with Gasteiger partial charge in [-0.3, -0.25) is 19.2 Å². The molecule has 11 atom stereocenters. The van der Waals surface area contributed by atoms with Gasteiger partial charge < -0.3 is 39.2 Å². The Morgan fingerprint density at radius 2 is 1.38 bits per heavy atom. The van der Waals surface area contributed by atoms with E-state index in [0.29, 0.717) is 17.5 Å². The van der Waals surface area contributed by atoms with E-state index >= 15 is 9.59 Å². The van der Waals surface area contributed by atoms with Gasteiger partial charge in [0.15, 0.2) is 18.0 Å². The van der Waals surface area contributed by atoms with E-state index in [0.717, 1.165) is 6.92 Å². The first kappa shape index (κ1) is 48.2. The topological polar surface area (TPSA) is 201 Å². The van der Waals surface area contributed by atoms with Crippen molar-refractivity contribution in [2.45, 2.75) is 141 Å². The van der Waals surface area contributed by atoms with Crippen molar-refractivity contribution in [1.82, 2.24) is 5.32 Å². The number of benzene rings is 3. The number of ether oxygens (including phenoxy) is 5. The van der Waals surface area contributed by atoms with Crippen molar-refractivity contribution in [3.8, 4) is 0 Å². The van der Waals surface area contributed by atoms with Crippen molar-refractivity contribution in [3.05, 3.63) is 119 Å². The van der Waals surface area contributed by atoms with Crippen LogP contribution in [0.3, 0.4) is 0 Å². The smallest absolute Gasteiger partial charge is 0.338 e. The second kappa shape index (κ2) is 17.8. The predicted octanol–water partition coefficient (Wildman–Crippen LogP) is 6.57. The molecule has 3 aromatic carbocycles. The van der Waals surface area contributed by atoms with Gasteiger partial charge in [0, 0.05) is 37.2 Å². The highest BCUT2D eigenvalue weighted by molar-refractivity contribution is 5.96. The van der Waals surface area contributed by atoms with Gasteiger partial charge in [0.25, 0.3) is 5.91 Å². The van der Waals surface area contributed by atoms with Crippen LogP contribution < -0.4 is 5.32 Å². The number of fused-ring (bicyclic) bond motifs is 5. The van der Waals surface area contributed by atoms with E-state index in [9.17, 15) is 29.4 Å². The summed E-state index contributed by atoms with van der Waals surface area (Å²) in [7, 11) is 0. The predicted molar refractivity (Wildman–Crippen MR) is 239 cm³/mol. The van der Waals surface area contributed by atoms with Crippen LogP contribution in [0.4, 0.5) is 0 Å². The Morgan fingerprint density at radius 1 is 0.803 bits per heavy atom. The summed E-state index contributed by atoms with van der Waals surface area (Å²) < 4.78 is 31.7. The third-order valence-electron chi connectivity index (χ3n) is 14.5. The molecule has 7 rings (SSSR count). The number of aliphatic hydroxyl groups excluding tert-OH is 1. The van der Waals surface area contributed by atoms with Gasteiger partial charge in [0.2, 0.25) is 0 Å².